The van der Waals surface area contributed by atoms with Crippen LogP contribution in [-0.2, 0) is 20.7 Å². The minimum atomic E-state index is -4.49. The minimum absolute atomic E-state index is 0.180. The number of halogens is 3. The fourth-order valence-corrected chi connectivity index (χ4v) is 3.08. The van der Waals surface area contributed by atoms with Crippen molar-refractivity contribution in [3.63, 3.8) is 0 Å². The van der Waals surface area contributed by atoms with E-state index >= 15 is 0 Å². The maximum atomic E-state index is 12.0. The van der Waals surface area contributed by atoms with Crippen LogP contribution in [-0.4, -0.2) is 37.9 Å². The molecule has 9 heteroatoms. The lowest BCUT2D eigenvalue weighted by atomic mass is 10.1. The fraction of sp³-hybridized carbons (Fsp3) is 0.571. The summed E-state index contributed by atoms with van der Waals surface area (Å²) in [6, 6.07) is 0. The summed E-state index contributed by atoms with van der Waals surface area (Å²) >= 11 is 1.18. The second-order valence-corrected chi connectivity index (χ2v) is 5.80. The second-order valence-electron chi connectivity index (χ2n) is 4.57. The summed E-state index contributed by atoms with van der Waals surface area (Å²) < 4.78 is 45.2. The quantitative estimate of drug-likeness (QED) is 0.764. The van der Waals surface area contributed by atoms with Gasteiger partial charge in [-0.2, -0.15) is 13.2 Å². The maximum absolute atomic E-state index is 12.0. The van der Waals surface area contributed by atoms with Crippen LogP contribution in [0.25, 0.3) is 0 Å². The Morgan fingerprint density at radius 3 is 2.43 bits per heavy atom. The van der Waals surface area contributed by atoms with E-state index in [1.54, 1.807) is 13.8 Å². The van der Waals surface area contributed by atoms with Crippen molar-refractivity contribution in [3.8, 4) is 0 Å². The zero-order valence-corrected chi connectivity index (χ0v) is 13.8. The lowest BCUT2D eigenvalue weighted by Crippen LogP contribution is -2.24. The number of ether oxygens (including phenoxy) is 2. The molecule has 0 aliphatic rings. The lowest BCUT2D eigenvalue weighted by molar-refractivity contribution is -0.174. The van der Waals surface area contributed by atoms with E-state index in [9.17, 15) is 22.8 Å². The Morgan fingerprint density at radius 2 is 1.91 bits per heavy atom. The first-order valence-electron chi connectivity index (χ1n) is 6.93. The smallest absolute Gasteiger partial charge is 0.411 e. The summed E-state index contributed by atoms with van der Waals surface area (Å²) in [5, 5.41) is 2.68. The van der Waals surface area contributed by atoms with E-state index < -0.39 is 31.3 Å². The van der Waals surface area contributed by atoms with Crippen LogP contribution in [0.1, 0.15) is 34.6 Å². The van der Waals surface area contributed by atoms with Crippen molar-refractivity contribution in [2.75, 3.05) is 25.1 Å². The largest absolute Gasteiger partial charge is 0.462 e. The number of hydrogen-bond acceptors (Lipinski definition) is 5. The number of hydrogen-bond donors (Lipinski definition) is 1. The number of thiophene rings is 1. The zero-order chi connectivity index (χ0) is 17.6. The highest BCUT2D eigenvalue weighted by Crippen LogP contribution is 2.34. The van der Waals surface area contributed by atoms with Gasteiger partial charge in [-0.25, -0.2) is 4.79 Å². The Labute approximate surface area is 135 Å². The van der Waals surface area contributed by atoms with Crippen LogP contribution in [0, 0.1) is 6.92 Å². The van der Waals surface area contributed by atoms with Crippen molar-refractivity contribution in [3.05, 3.63) is 16.0 Å². The van der Waals surface area contributed by atoms with E-state index in [2.05, 4.69) is 10.1 Å². The molecule has 0 saturated heterocycles. The SMILES string of the molecule is CCOC(=O)c1c(NC(=O)COCC(F)(F)F)sc(C)c1CC. The van der Waals surface area contributed by atoms with Gasteiger partial charge >= 0.3 is 12.1 Å². The number of aryl methyl sites for hydroxylation is 1. The molecule has 1 N–H and O–H groups in total. The summed E-state index contributed by atoms with van der Waals surface area (Å²) in [5.74, 6) is -1.33. The molecule has 0 atom stereocenters. The zero-order valence-electron chi connectivity index (χ0n) is 13.0. The van der Waals surface area contributed by atoms with Crippen LogP contribution < -0.4 is 5.32 Å². The fourth-order valence-electron chi connectivity index (χ4n) is 1.93. The molecule has 0 fully saturated rings. The van der Waals surface area contributed by atoms with Gasteiger partial charge in [-0.15, -0.1) is 11.3 Å². The molecule has 1 aromatic heterocycles. The number of esters is 1. The Hall–Kier alpha value is -1.61. The van der Waals surface area contributed by atoms with Gasteiger partial charge in [0, 0.05) is 4.88 Å². The first-order valence-corrected chi connectivity index (χ1v) is 7.74. The molecule has 1 heterocycles. The summed E-state index contributed by atoms with van der Waals surface area (Å²) in [7, 11) is 0. The molecule has 1 aromatic rings. The van der Waals surface area contributed by atoms with Crippen LogP contribution in [0.15, 0.2) is 0 Å². The molecular formula is C14H18F3NO4S. The number of alkyl halides is 3. The van der Waals surface area contributed by atoms with Crippen molar-refractivity contribution in [1.29, 1.82) is 0 Å². The van der Waals surface area contributed by atoms with E-state index in [0.29, 0.717) is 6.42 Å². The average molecular weight is 353 g/mol. The third-order valence-electron chi connectivity index (χ3n) is 2.79. The molecule has 0 aromatic carbocycles. The van der Waals surface area contributed by atoms with Crippen molar-refractivity contribution < 1.29 is 32.2 Å². The second kappa shape index (κ2) is 8.30. The lowest BCUT2D eigenvalue weighted by Gasteiger charge is -2.09. The van der Waals surface area contributed by atoms with Gasteiger partial charge in [0.25, 0.3) is 5.91 Å². The Kier molecular flexibility index (Phi) is 7.01. The monoisotopic (exact) mass is 353 g/mol. The van der Waals surface area contributed by atoms with Gasteiger partial charge in [0.15, 0.2) is 0 Å². The number of carbonyl (C=O) groups excluding carboxylic acids is 2. The van der Waals surface area contributed by atoms with Crippen molar-refractivity contribution in [2.24, 2.45) is 0 Å². The molecule has 0 spiro atoms. The number of rotatable bonds is 7. The highest BCUT2D eigenvalue weighted by atomic mass is 32.1. The first-order chi connectivity index (χ1) is 10.7. The summed E-state index contributed by atoms with van der Waals surface area (Å²) in [5.41, 5.74) is 1.00. The molecular weight excluding hydrogens is 335 g/mol. The number of carbonyl (C=O) groups is 2. The third-order valence-corrected chi connectivity index (χ3v) is 3.86. The molecule has 0 aliphatic carbocycles. The van der Waals surface area contributed by atoms with Crippen LogP contribution in [0.2, 0.25) is 0 Å². The van der Waals surface area contributed by atoms with Gasteiger partial charge in [-0.1, -0.05) is 6.92 Å². The molecule has 1 rings (SSSR count). The average Bonchev–Trinajstić information content (AvgIpc) is 2.72. The van der Waals surface area contributed by atoms with Gasteiger partial charge < -0.3 is 14.8 Å². The summed E-state index contributed by atoms with van der Waals surface area (Å²) in [6.07, 6.45) is -3.93. The van der Waals surface area contributed by atoms with E-state index in [-0.39, 0.29) is 17.2 Å². The number of nitrogens with one attached hydrogen (secondary N) is 1. The van der Waals surface area contributed by atoms with E-state index in [1.165, 1.54) is 11.3 Å². The van der Waals surface area contributed by atoms with Crippen LogP contribution in [0.5, 0.6) is 0 Å². The normalized spacial score (nSPS) is 11.4. The molecule has 23 heavy (non-hydrogen) atoms. The van der Waals surface area contributed by atoms with E-state index in [1.807, 2.05) is 6.92 Å². The maximum Gasteiger partial charge on any atom is 0.411 e. The van der Waals surface area contributed by atoms with Crippen molar-refractivity contribution in [2.45, 2.75) is 33.4 Å². The third kappa shape index (κ3) is 5.83. The molecule has 0 aliphatic heterocycles. The number of amides is 1. The van der Waals surface area contributed by atoms with Crippen LogP contribution in [0.4, 0.5) is 18.2 Å². The Balaban J connectivity index is 2.83. The highest BCUT2D eigenvalue weighted by Gasteiger charge is 2.28. The van der Waals surface area contributed by atoms with Gasteiger partial charge in [-0.3, -0.25) is 4.79 Å². The van der Waals surface area contributed by atoms with Gasteiger partial charge in [0.05, 0.1) is 12.2 Å². The van der Waals surface area contributed by atoms with E-state index in [0.717, 1.165) is 10.4 Å². The van der Waals surface area contributed by atoms with Crippen molar-refractivity contribution >= 4 is 28.2 Å². The summed E-state index contributed by atoms with van der Waals surface area (Å²) in [4.78, 5) is 24.6. The minimum Gasteiger partial charge on any atom is -0.462 e. The molecule has 0 bridgehead atoms. The van der Waals surface area contributed by atoms with Crippen molar-refractivity contribution in [1.82, 2.24) is 0 Å². The topological polar surface area (TPSA) is 64.6 Å². The van der Waals surface area contributed by atoms with E-state index in [4.69, 9.17) is 4.74 Å². The number of anilines is 1. The van der Waals surface area contributed by atoms with Gasteiger partial charge in [0.1, 0.15) is 18.2 Å². The Morgan fingerprint density at radius 1 is 1.26 bits per heavy atom. The van der Waals surface area contributed by atoms with Gasteiger partial charge in [0.2, 0.25) is 0 Å². The molecule has 0 saturated carbocycles. The van der Waals surface area contributed by atoms with Gasteiger partial charge in [-0.05, 0) is 25.8 Å². The molecule has 0 radical (unpaired) electrons. The predicted octanol–water partition coefficient (Wildman–Crippen LogP) is 3.31. The molecule has 130 valence electrons. The Bertz CT molecular complexity index is 569. The molecule has 5 nitrogen and oxygen atoms in total. The predicted molar refractivity (Wildman–Crippen MR) is 79.9 cm³/mol. The summed E-state index contributed by atoms with van der Waals surface area (Å²) in [6.45, 7) is 3.23. The first kappa shape index (κ1) is 19.4. The standard InChI is InChI=1S/C14H18F3NO4S/c1-4-9-8(3)23-12(11(9)13(20)22-5-2)18-10(19)6-21-7-14(15,16)17/h4-7H2,1-3H3,(H,18,19). The molecule has 0 unspecified atom stereocenters. The van der Waals surface area contributed by atoms with Crippen LogP contribution >= 0.6 is 11.3 Å². The molecule has 1 amide bonds. The highest BCUT2D eigenvalue weighted by molar-refractivity contribution is 7.16. The van der Waals surface area contributed by atoms with Crippen LogP contribution in [0.3, 0.4) is 0 Å².